The fraction of sp³-hybridized carbons (Fsp3) is 0.400. The summed E-state index contributed by atoms with van der Waals surface area (Å²) in [5.74, 6) is -1.26. The molecule has 0 aliphatic heterocycles. The van der Waals surface area contributed by atoms with E-state index in [9.17, 15) is 4.39 Å². The van der Waals surface area contributed by atoms with Gasteiger partial charge < -0.3 is 9.47 Å². The van der Waals surface area contributed by atoms with Crippen LogP contribution in [0, 0.1) is 5.82 Å². The smallest absolute Gasteiger partial charge is 0.217 e. The van der Waals surface area contributed by atoms with Gasteiger partial charge in [-0.05, 0) is 12.1 Å². The van der Waals surface area contributed by atoms with E-state index in [2.05, 4.69) is 31.9 Å². The molecule has 5 heteroatoms. The highest BCUT2D eigenvalue weighted by Crippen LogP contribution is 2.37. The molecule has 0 aromatic heterocycles. The van der Waals surface area contributed by atoms with E-state index in [0.29, 0.717) is 0 Å². The van der Waals surface area contributed by atoms with Gasteiger partial charge in [-0.1, -0.05) is 44.0 Å². The lowest BCUT2D eigenvalue weighted by molar-refractivity contribution is -0.201. The number of hydrogen-bond acceptors (Lipinski definition) is 2. The van der Waals surface area contributed by atoms with Crippen molar-refractivity contribution in [1.29, 1.82) is 0 Å². The fourth-order valence-electron chi connectivity index (χ4n) is 1.31. The van der Waals surface area contributed by atoms with Crippen molar-refractivity contribution in [2.45, 2.75) is 9.52 Å². The minimum Gasteiger partial charge on any atom is -0.348 e. The van der Waals surface area contributed by atoms with Crippen molar-refractivity contribution in [3.63, 3.8) is 0 Å². The zero-order valence-electron chi connectivity index (χ0n) is 8.34. The molecule has 0 aliphatic rings. The van der Waals surface area contributed by atoms with E-state index in [1.54, 1.807) is 12.1 Å². The van der Waals surface area contributed by atoms with Crippen LogP contribution in [0.5, 0.6) is 0 Å². The lowest BCUT2D eigenvalue weighted by Gasteiger charge is -2.32. The van der Waals surface area contributed by atoms with Crippen LogP contribution >= 0.6 is 31.9 Å². The number of ether oxygens (including phenoxy) is 2. The SMILES string of the molecule is COC(OC)(c1ccc(F)cc1)C(Br)Br. The molecule has 0 fully saturated rings. The third-order valence-corrected chi connectivity index (χ3v) is 3.35. The minimum atomic E-state index is -0.965. The lowest BCUT2D eigenvalue weighted by atomic mass is 10.1. The van der Waals surface area contributed by atoms with Crippen LogP contribution in [-0.2, 0) is 15.3 Å². The van der Waals surface area contributed by atoms with Crippen molar-refractivity contribution in [3.8, 4) is 0 Å². The average Bonchev–Trinajstić information content (AvgIpc) is 2.22. The Morgan fingerprint density at radius 3 is 1.93 bits per heavy atom. The third kappa shape index (κ3) is 2.58. The Balaban J connectivity index is 3.14. The number of halogens is 3. The number of hydrogen-bond donors (Lipinski definition) is 0. The summed E-state index contributed by atoms with van der Waals surface area (Å²) in [6, 6.07) is 5.98. The highest BCUT2D eigenvalue weighted by atomic mass is 79.9. The molecule has 0 bridgehead atoms. The van der Waals surface area contributed by atoms with Gasteiger partial charge in [0.15, 0.2) is 0 Å². The first-order valence-electron chi connectivity index (χ1n) is 4.21. The second-order valence-electron chi connectivity index (χ2n) is 2.88. The molecule has 0 heterocycles. The highest BCUT2D eigenvalue weighted by molar-refractivity contribution is 9.24. The first-order chi connectivity index (χ1) is 7.06. The van der Waals surface area contributed by atoms with Crippen LogP contribution in [0.3, 0.4) is 0 Å². The normalized spacial score (nSPS) is 12.1. The Kier molecular flexibility index (Phi) is 4.70. The largest absolute Gasteiger partial charge is 0.348 e. The number of methoxy groups -OCH3 is 2. The Morgan fingerprint density at radius 1 is 1.13 bits per heavy atom. The van der Waals surface area contributed by atoms with E-state index in [-0.39, 0.29) is 9.55 Å². The second kappa shape index (κ2) is 5.39. The van der Waals surface area contributed by atoms with Crippen LogP contribution in [0.2, 0.25) is 0 Å². The van der Waals surface area contributed by atoms with Gasteiger partial charge in [-0.3, -0.25) is 0 Å². The molecule has 1 aromatic rings. The average molecular weight is 342 g/mol. The van der Waals surface area contributed by atoms with Crippen molar-refractivity contribution >= 4 is 31.9 Å². The van der Waals surface area contributed by atoms with Gasteiger partial charge in [0, 0.05) is 19.8 Å². The molecule has 0 N–H and O–H groups in total. The molecule has 0 amide bonds. The monoisotopic (exact) mass is 340 g/mol. The minimum absolute atomic E-state index is 0.238. The summed E-state index contributed by atoms with van der Waals surface area (Å²) in [5, 5.41) is 0. The molecular weight excluding hydrogens is 331 g/mol. The van der Waals surface area contributed by atoms with Gasteiger partial charge in [-0.15, -0.1) is 0 Å². The summed E-state index contributed by atoms with van der Waals surface area (Å²) in [5.41, 5.74) is 0.729. The molecule has 0 aliphatic carbocycles. The van der Waals surface area contributed by atoms with Crippen LogP contribution in [0.15, 0.2) is 24.3 Å². The summed E-state index contributed by atoms with van der Waals surface area (Å²) in [6.45, 7) is 0. The standard InChI is InChI=1S/C10H11Br2FO2/c1-14-10(15-2,9(11)12)7-3-5-8(13)6-4-7/h3-6,9H,1-2H3. The van der Waals surface area contributed by atoms with E-state index >= 15 is 0 Å². The molecular formula is C10H11Br2FO2. The third-order valence-electron chi connectivity index (χ3n) is 2.14. The van der Waals surface area contributed by atoms with Crippen LogP contribution < -0.4 is 0 Å². The van der Waals surface area contributed by atoms with Gasteiger partial charge in [0.2, 0.25) is 5.79 Å². The number of benzene rings is 1. The molecule has 2 nitrogen and oxygen atoms in total. The van der Waals surface area contributed by atoms with Crippen LogP contribution in [0.4, 0.5) is 4.39 Å². The Hall–Kier alpha value is 0.0300. The molecule has 84 valence electrons. The van der Waals surface area contributed by atoms with E-state index in [1.165, 1.54) is 26.4 Å². The summed E-state index contributed by atoms with van der Waals surface area (Å²) >= 11 is 6.69. The topological polar surface area (TPSA) is 18.5 Å². The van der Waals surface area contributed by atoms with Crippen molar-refractivity contribution < 1.29 is 13.9 Å². The molecule has 1 rings (SSSR count). The summed E-state index contributed by atoms with van der Waals surface area (Å²) in [4.78, 5) is 0. The van der Waals surface area contributed by atoms with Crippen LogP contribution in [0.1, 0.15) is 5.56 Å². The maximum absolute atomic E-state index is 12.8. The summed E-state index contributed by atoms with van der Waals surface area (Å²) in [7, 11) is 3.06. The van der Waals surface area contributed by atoms with Crippen molar-refractivity contribution in [3.05, 3.63) is 35.6 Å². The lowest BCUT2D eigenvalue weighted by Crippen LogP contribution is -2.36. The quantitative estimate of drug-likeness (QED) is 0.617. The molecule has 15 heavy (non-hydrogen) atoms. The number of alkyl halides is 2. The van der Waals surface area contributed by atoms with Crippen molar-refractivity contribution in [2.24, 2.45) is 0 Å². The van der Waals surface area contributed by atoms with Gasteiger partial charge in [-0.25, -0.2) is 4.39 Å². The van der Waals surface area contributed by atoms with Crippen LogP contribution in [0.25, 0.3) is 0 Å². The predicted molar refractivity (Wildman–Crippen MR) is 63.7 cm³/mol. The first-order valence-corrected chi connectivity index (χ1v) is 6.04. The van der Waals surface area contributed by atoms with Crippen molar-refractivity contribution in [1.82, 2.24) is 0 Å². The van der Waals surface area contributed by atoms with Gasteiger partial charge in [0.25, 0.3) is 0 Å². The van der Waals surface area contributed by atoms with Gasteiger partial charge in [0.1, 0.15) is 9.55 Å². The molecule has 0 saturated carbocycles. The van der Waals surface area contributed by atoms with Crippen LogP contribution in [-0.4, -0.2) is 18.0 Å². The molecule has 0 radical (unpaired) electrons. The maximum atomic E-state index is 12.8. The Morgan fingerprint density at radius 2 is 1.60 bits per heavy atom. The van der Waals surface area contributed by atoms with Gasteiger partial charge in [-0.2, -0.15) is 0 Å². The van der Waals surface area contributed by atoms with Crippen molar-refractivity contribution in [2.75, 3.05) is 14.2 Å². The summed E-state index contributed by atoms with van der Waals surface area (Å²) in [6.07, 6.45) is 0. The van der Waals surface area contributed by atoms with E-state index in [1.807, 2.05) is 0 Å². The Bertz CT molecular complexity index is 310. The van der Waals surface area contributed by atoms with E-state index in [0.717, 1.165) is 5.56 Å². The predicted octanol–water partition coefficient (Wildman–Crippen LogP) is 3.39. The highest BCUT2D eigenvalue weighted by Gasteiger charge is 2.38. The van der Waals surface area contributed by atoms with Gasteiger partial charge in [0.05, 0.1) is 0 Å². The zero-order valence-corrected chi connectivity index (χ0v) is 11.5. The fourth-order valence-corrected chi connectivity index (χ4v) is 2.58. The second-order valence-corrected chi connectivity index (χ2v) is 5.94. The zero-order chi connectivity index (χ0) is 11.5. The maximum Gasteiger partial charge on any atom is 0.217 e. The first kappa shape index (κ1) is 13.1. The van der Waals surface area contributed by atoms with E-state index < -0.39 is 5.79 Å². The molecule has 0 atom stereocenters. The molecule has 0 saturated heterocycles. The molecule has 1 aromatic carbocycles. The molecule has 0 spiro atoms. The van der Waals surface area contributed by atoms with E-state index in [4.69, 9.17) is 9.47 Å². The summed E-state index contributed by atoms with van der Waals surface area (Å²) < 4.78 is 23.2. The Labute approximate surface area is 105 Å². The van der Waals surface area contributed by atoms with Gasteiger partial charge >= 0.3 is 0 Å². The molecule has 0 unspecified atom stereocenters. The number of rotatable bonds is 4.